The number of aliphatic hydroxyl groups excluding tert-OH is 2. The second kappa shape index (κ2) is 22.6. The summed E-state index contributed by atoms with van der Waals surface area (Å²) in [4.78, 5) is 24.9. The van der Waals surface area contributed by atoms with E-state index in [2.05, 4.69) is 0 Å². The van der Waals surface area contributed by atoms with Crippen LogP contribution in [-0.2, 0) is 54.3 Å². The number of carboxylic acid groups (broad SMARTS) is 2. The molecule has 0 unspecified atom stereocenters. The minimum atomic E-state index is -0.833. The predicted octanol–water partition coefficient (Wildman–Crippen LogP) is 2.47. The van der Waals surface area contributed by atoms with E-state index in [9.17, 15) is 0 Å². The average molecular weight is 742 g/mol. The van der Waals surface area contributed by atoms with Crippen molar-refractivity contribution in [3.63, 3.8) is 0 Å². The molecule has 0 saturated heterocycles. The van der Waals surface area contributed by atoms with Crippen LogP contribution in [0.25, 0.3) is 0 Å². The van der Waals surface area contributed by atoms with Crippen LogP contribution in [0.15, 0.2) is 20.6 Å². The molecule has 0 aliphatic carbocycles. The molecule has 2 heterocycles. The predicted molar refractivity (Wildman–Crippen MR) is 120 cm³/mol. The summed E-state index contributed by atoms with van der Waals surface area (Å²) < 4.78 is 0. The third kappa shape index (κ3) is 19.1. The van der Waals surface area contributed by atoms with Gasteiger partial charge in [0, 0.05) is 27.0 Å². The van der Waals surface area contributed by atoms with Gasteiger partial charge in [-0.1, -0.05) is 46.4 Å². The minimum absolute atomic E-state index is 0. The Bertz CT molecular complexity index is 627. The molecule has 0 spiro atoms. The summed E-state index contributed by atoms with van der Waals surface area (Å²) in [7, 11) is 3.62. The number of nitrogens with zero attached hydrogens (tertiary/aromatic N) is 4. The summed E-state index contributed by atoms with van der Waals surface area (Å²) in [6, 6.07) is 0. The molecule has 0 radical (unpaired) electrons. The number of carboxylic acids is 2. The number of aliphatic carboxylic acids is 2. The van der Waals surface area contributed by atoms with Gasteiger partial charge in [0.05, 0.1) is 6.61 Å². The van der Waals surface area contributed by atoms with Crippen molar-refractivity contribution in [3.05, 3.63) is 34.0 Å². The Morgan fingerprint density at radius 2 is 1.03 bits per heavy atom. The number of carbonyl (C=O) groups is 2. The SMILES string of the molecule is CC(=O)O.CC(=O)O.CN1[CH-]N(CCCO)C(Cl)=C1Cl.CN1[CH-]N(CCO)C(Cl)=C1Cl.[Ag+].[Ag+]. The van der Waals surface area contributed by atoms with Crippen molar-refractivity contribution in [2.24, 2.45) is 0 Å². The van der Waals surface area contributed by atoms with Crippen molar-refractivity contribution in [1.82, 2.24) is 19.6 Å². The second-order valence-corrected chi connectivity index (χ2v) is 7.27. The number of aliphatic hydroxyl groups is 2. The Hall–Kier alpha value is 0.181. The quantitative estimate of drug-likeness (QED) is 0.190. The van der Waals surface area contributed by atoms with Crippen LogP contribution < -0.4 is 0 Å². The topological polar surface area (TPSA) is 128 Å². The molecule has 33 heavy (non-hydrogen) atoms. The fourth-order valence-electron chi connectivity index (χ4n) is 1.81. The van der Waals surface area contributed by atoms with E-state index in [1.807, 2.05) is 7.05 Å². The first-order chi connectivity index (χ1) is 14.3. The molecule has 0 saturated carbocycles. The number of halogens is 4. The van der Waals surface area contributed by atoms with Crippen molar-refractivity contribution in [1.29, 1.82) is 0 Å². The van der Waals surface area contributed by atoms with E-state index in [4.69, 9.17) is 76.4 Å². The van der Waals surface area contributed by atoms with E-state index in [0.717, 1.165) is 13.8 Å². The molecule has 0 amide bonds. The molecule has 0 bridgehead atoms. The largest absolute Gasteiger partial charge is 1.00 e. The van der Waals surface area contributed by atoms with Gasteiger partial charge in [-0.15, -0.1) is 0 Å². The maximum atomic E-state index is 9.00. The Morgan fingerprint density at radius 1 is 0.727 bits per heavy atom. The first kappa shape index (κ1) is 40.4. The number of β-amino-alcohol motifs (C(OH)–C–C–N with tert-alkyl or cyclic N) is 1. The molecule has 2 aliphatic heterocycles. The number of hydrogen-bond acceptors (Lipinski definition) is 8. The third-order valence-corrected chi connectivity index (χ3v) is 4.86. The van der Waals surface area contributed by atoms with Crippen molar-refractivity contribution >= 4 is 58.3 Å². The van der Waals surface area contributed by atoms with E-state index in [-0.39, 0.29) is 58.0 Å². The zero-order valence-corrected chi connectivity index (χ0v) is 24.2. The molecule has 0 aromatic carbocycles. The Morgan fingerprint density at radius 3 is 1.24 bits per heavy atom. The second-order valence-electron chi connectivity index (χ2n) is 5.84. The molecule has 0 aromatic heterocycles. The van der Waals surface area contributed by atoms with Gasteiger partial charge in [0.2, 0.25) is 0 Å². The Balaban J connectivity index is -0.000000185. The van der Waals surface area contributed by atoms with Gasteiger partial charge in [0.15, 0.2) is 0 Å². The maximum absolute atomic E-state index is 9.00. The summed E-state index contributed by atoms with van der Waals surface area (Å²) in [6.45, 7) is 7.09. The molecule has 4 N–H and O–H groups in total. The van der Waals surface area contributed by atoms with Crippen molar-refractivity contribution in [3.8, 4) is 0 Å². The maximum Gasteiger partial charge on any atom is 1.00 e. The van der Waals surface area contributed by atoms with E-state index >= 15 is 0 Å². The van der Waals surface area contributed by atoms with Crippen LogP contribution in [0.5, 0.6) is 0 Å². The monoisotopic (exact) mass is 738 g/mol. The van der Waals surface area contributed by atoms with Gasteiger partial charge in [0.25, 0.3) is 11.9 Å². The summed E-state index contributed by atoms with van der Waals surface area (Å²) in [5.74, 6) is -1.67. The van der Waals surface area contributed by atoms with Gasteiger partial charge in [-0.3, -0.25) is 9.59 Å². The van der Waals surface area contributed by atoms with Gasteiger partial charge in [0.1, 0.15) is 20.6 Å². The van der Waals surface area contributed by atoms with E-state index in [0.29, 0.717) is 40.1 Å². The smallest absolute Gasteiger partial charge is 0.494 e. The summed E-state index contributed by atoms with van der Waals surface area (Å²) in [5, 5.41) is 34.0. The standard InChI is InChI=1S/C7H11Cl2N2O.C6H9Cl2N2O.2C2H4O2.2Ag/c1-10-5-11(3-2-4-12)7(9)6(10)8;1-9-4-10(2-3-11)6(8)5(9)7;2*1-2(3)4;;/h5,12H,2-4H2,1H3;4,11H,2-3H2,1H3;2*1H3,(H,3,4);;/q2*-1;;;2*+1. The molecular weight excluding hydrogens is 714 g/mol. The molecule has 2 rings (SSSR count). The zero-order valence-electron chi connectivity index (χ0n) is 18.2. The van der Waals surface area contributed by atoms with Crippen LogP contribution in [0.3, 0.4) is 0 Å². The van der Waals surface area contributed by atoms with Crippen LogP contribution in [-0.4, -0.2) is 92.4 Å². The van der Waals surface area contributed by atoms with Crippen molar-refractivity contribution in [2.75, 3.05) is 40.4 Å². The van der Waals surface area contributed by atoms with Gasteiger partial charge < -0.3 is 40.0 Å². The summed E-state index contributed by atoms with van der Waals surface area (Å²) in [6.07, 6.45) is 0.685. The summed E-state index contributed by atoms with van der Waals surface area (Å²) >= 11 is 23.3. The normalized spacial score (nSPS) is 14.2. The molecule has 0 aromatic rings. The molecule has 0 atom stereocenters. The first-order valence-electron chi connectivity index (χ1n) is 8.70. The van der Waals surface area contributed by atoms with Crippen molar-refractivity contribution in [2.45, 2.75) is 20.3 Å². The molecule has 202 valence electrons. The molecule has 0 fully saturated rings. The van der Waals surface area contributed by atoms with Gasteiger partial charge in [-0.2, -0.15) is 13.3 Å². The molecule has 2 aliphatic rings. The van der Waals surface area contributed by atoms with Gasteiger partial charge in [-0.05, 0) is 27.1 Å². The van der Waals surface area contributed by atoms with E-state index in [1.165, 1.54) is 0 Å². The Labute approximate surface area is 245 Å². The molecule has 10 nitrogen and oxygen atoms in total. The minimum Gasteiger partial charge on any atom is -0.494 e. The summed E-state index contributed by atoms with van der Waals surface area (Å²) in [5.41, 5.74) is 0. The Kier molecular flexibility index (Phi) is 27.7. The van der Waals surface area contributed by atoms with E-state index < -0.39 is 11.9 Å². The first-order valence-corrected chi connectivity index (χ1v) is 10.2. The van der Waals surface area contributed by atoms with Crippen LogP contribution in [0.4, 0.5) is 0 Å². The van der Waals surface area contributed by atoms with Crippen molar-refractivity contribution < 1.29 is 74.8 Å². The average Bonchev–Trinajstić information content (AvgIpc) is 3.04. The van der Waals surface area contributed by atoms with Gasteiger partial charge >= 0.3 is 44.8 Å². The van der Waals surface area contributed by atoms with Crippen LogP contribution in [0, 0.1) is 13.3 Å². The van der Waals surface area contributed by atoms with Crippen LogP contribution >= 0.6 is 46.4 Å². The third-order valence-electron chi connectivity index (χ3n) is 2.99. The van der Waals surface area contributed by atoms with E-state index in [1.54, 1.807) is 40.0 Å². The fraction of sp³-hybridized carbons (Fsp3) is 0.529. The number of hydrogen-bond donors (Lipinski definition) is 4. The molecular formula is C17H28Ag2Cl4N4O6. The molecule has 16 heteroatoms. The van der Waals surface area contributed by atoms with Gasteiger partial charge in [-0.25, -0.2) is 0 Å². The van der Waals surface area contributed by atoms with Crippen LogP contribution in [0.1, 0.15) is 20.3 Å². The fourth-order valence-corrected chi connectivity index (χ4v) is 2.64. The number of rotatable bonds is 5. The van der Waals surface area contributed by atoms with Crippen LogP contribution in [0.2, 0.25) is 0 Å². The zero-order chi connectivity index (χ0) is 24.7.